The summed E-state index contributed by atoms with van der Waals surface area (Å²) in [6, 6.07) is 14.2. The second kappa shape index (κ2) is 6.91. The molecule has 1 aliphatic heterocycles. The van der Waals surface area contributed by atoms with E-state index < -0.39 is 10.0 Å². The summed E-state index contributed by atoms with van der Waals surface area (Å²) in [5, 5.41) is 5.26. The van der Waals surface area contributed by atoms with Gasteiger partial charge in [-0.05, 0) is 35.2 Å². The Bertz CT molecular complexity index is 848. The monoisotopic (exact) mass is 346 g/mol. The summed E-state index contributed by atoms with van der Waals surface area (Å²) in [7, 11) is -3.23. The van der Waals surface area contributed by atoms with Gasteiger partial charge in [-0.25, -0.2) is 12.7 Å². The zero-order valence-electron chi connectivity index (χ0n) is 13.7. The molecule has 24 heavy (non-hydrogen) atoms. The van der Waals surface area contributed by atoms with Crippen molar-refractivity contribution in [3.8, 4) is 0 Å². The van der Waals surface area contributed by atoms with Gasteiger partial charge in [0.2, 0.25) is 15.9 Å². The van der Waals surface area contributed by atoms with E-state index in [0.717, 1.165) is 23.8 Å². The Balaban J connectivity index is 1.62. The SMILES string of the molecule is CS(=O)(=O)N1CCC[C@@H](C(=O)NCc2ccc3ccccc3c2)C1. The second-order valence-electron chi connectivity index (χ2n) is 6.36. The highest BCUT2D eigenvalue weighted by Gasteiger charge is 2.29. The average molecular weight is 346 g/mol. The van der Waals surface area contributed by atoms with Gasteiger partial charge in [0.1, 0.15) is 0 Å². The number of sulfonamides is 1. The van der Waals surface area contributed by atoms with Crippen LogP contribution in [0.25, 0.3) is 10.8 Å². The van der Waals surface area contributed by atoms with Crippen LogP contribution in [0.2, 0.25) is 0 Å². The fourth-order valence-corrected chi connectivity index (χ4v) is 4.05. The molecule has 5 nitrogen and oxygen atoms in total. The van der Waals surface area contributed by atoms with Crippen LogP contribution in [0, 0.1) is 5.92 Å². The third-order valence-corrected chi connectivity index (χ3v) is 5.77. The summed E-state index contributed by atoms with van der Waals surface area (Å²) >= 11 is 0. The van der Waals surface area contributed by atoms with E-state index in [0.29, 0.717) is 13.1 Å². The van der Waals surface area contributed by atoms with E-state index in [2.05, 4.69) is 17.4 Å². The molecule has 0 saturated carbocycles. The molecule has 1 atom stereocenters. The van der Waals surface area contributed by atoms with Crippen LogP contribution in [0.4, 0.5) is 0 Å². The quantitative estimate of drug-likeness (QED) is 0.922. The highest BCUT2D eigenvalue weighted by Crippen LogP contribution is 2.19. The zero-order chi connectivity index (χ0) is 17.2. The van der Waals surface area contributed by atoms with Crippen LogP contribution in [0.1, 0.15) is 18.4 Å². The topological polar surface area (TPSA) is 66.5 Å². The minimum absolute atomic E-state index is 0.0727. The van der Waals surface area contributed by atoms with Gasteiger partial charge in [0, 0.05) is 19.6 Å². The predicted octanol–water partition coefficient (Wildman–Crippen LogP) is 2.13. The van der Waals surface area contributed by atoms with Crippen molar-refractivity contribution in [2.75, 3.05) is 19.3 Å². The Labute approximate surface area is 142 Å². The number of piperidine rings is 1. The summed E-state index contributed by atoms with van der Waals surface area (Å²) in [5.41, 5.74) is 1.04. The van der Waals surface area contributed by atoms with Gasteiger partial charge in [-0.1, -0.05) is 36.4 Å². The third-order valence-electron chi connectivity index (χ3n) is 4.50. The van der Waals surface area contributed by atoms with Gasteiger partial charge in [0.25, 0.3) is 0 Å². The molecule has 6 heteroatoms. The summed E-state index contributed by atoms with van der Waals surface area (Å²) in [6.07, 6.45) is 2.65. The lowest BCUT2D eigenvalue weighted by Crippen LogP contribution is -2.44. The molecule has 1 heterocycles. The van der Waals surface area contributed by atoms with Gasteiger partial charge >= 0.3 is 0 Å². The molecule has 0 aromatic heterocycles. The Kier molecular flexibility index (Phi) is 4.87. The van der Waals surface area contributed by atoms with Crippen molar-refractivity contribution in [2.45, 2.75) is 19.4 Å². The van der Waals surface area contributed by atoms with E-state index >= 15 is 0 Å². The average Bonchev–Trinajstić information content (AvgIpc) is 2.59. The number of hydrogen-bond donors (Lipinski definition) is 1. The molecule has 1 fully saturated rings. The first kappa shape index (κ1) is 16.9. The van der Waals surface area contributed by atoms with E-state index in [1.54, 1.807) is 0 Å². The Morgan fingerprint density at radius 1 is 1.21 bits per heavy atom. The summed E-state index contributed by atoms with van der Waals surface area (Å²) in [6.45, 7) is 1.24. The molecule has 0 aliphatic carbocycles. The van der Waals surface area contributed by atoms with Crippen molar-refractivity contribution in [1.82, 2.24) is 9.62 Å². The molecule has 0 spiro atoms. The summed E-state index contributed by atoms with van der Waals surface area (Å²) in [4.78, 5) is 12.4. The molecule has 128 valence electrons. The number of nitrogens with one attached hydrogen (secondary N) is 1. The molecule has 1 aliphatic rings. The lowest BCUT2D eigenvalue weighted by Gasteiger charge is -2.30. The number of fused-ring (bicyclic) bond motifs is 1. The highest BCUT2D eigenvalue weighted by molar-refractivity contribution is 7.88. The summed E-state index contributed by atoms with van der Waals surface area (Å²) < 4.78 is 24.7. The van der Waals surface area contributed by atoms with Crippen molar-refractivity contribution in [1.29, 1.82) is 0 Å². The molecule has 1 amide bonds. The summed E-state index contributed by atoms with van der Waals surface area (Å²) in [5.74, 6) is -0.342. The van der Waals surface area contributed by atoms with E-state index in [1.165, 1.54) is 15.9 Å². The lowest BCUT2D eigenvalue weighted by molar-refractivity contribution is -0.126. The molecule has 2 aromatic carbocycles. The minimum atomic E-state index is -3.23. The van der Waals surface area contributed by atoms with Crippen molar-refractivity contribution >= 4 is 26.7 Å². The molecular formula is C18H22N2O3S. The molecule has 0 radical (unpaired) electrons. The van der Waals surface area contributed by atoms with Gasteiger partial charge in [-0.2, -0.15) is 0 Å². The van der Waals surface area contributed by atoms with Gasteiger partial charge in [-0.15, -0.1) is 0 Å². The number of nitrogens with zero attached hydrogens (tertiary/aromatic N) is 1. The van der Waals surface area contributed by atoms with Crippen LogP contribution >= 0.6 is 0 Å². The minimum Gasteiger partial charge on any atom is -0.352 e. The van der Waals surface area contributed by atoms with E-state index in [4.69, 9.17) is 0 Å². The maximum Gasteiger partial charge on any atom is 0.224 e. The maximum atomic E-state index is 12.4. The molecule has 2 aromatic rings. The van der Waals surface area contributed by atoms with Crippen LogP contribution in [-0.2, 0) is 21.4 Å². The van der Waals surface area contributed by atoms with Gasteiger partial charge in [0.15, 0.2) is 0 Å². The number of hydrogen-bond acceptors (Lipinski definition) is 3. The number of carbonyl (C=O) groups excluding carboxylic acids is 1. The van der Waals surface area contributed by atoms with Crippen molar-refractivity contribution in [3.63, 3.8) is 0 Å². The zero-order valence-corrected chi connectivity index (χ0v) is 14.6. The molecule has 0 bridgehead atoms. The van der Waals surface area contributed by atoms with Crippen LogP contribution in [-0.4, -0.2) is 38.0 Å². The van der Waals surface area contributed by atoms with Crippen molar-refractivity contribution in [2.24, 2.45) is 5.92 Å². The van der Waals surface area contributed by atoms with Gasteiger partial charge in [0.05, 0.1) is 12.2 Å². The number of rotatable bonds is 4. The smallest absolute Gasteiger partial charge is 0.224 e. The molecule has 0 unspecified atom stereocenters. The number of amides is 1. The first-order chi connectivity index (χ1) is 11.4. The normalized spacial score (nSPS) is 19.3. The standard InChI is InChI=1S/C18H22N2O3S/c1-24(22,23)20-10-4-7-17(13-20)18(21)19-12-14-8-9-15-5-2-3-6-16(15)11-14/h2-3,5-6,8-9,11,17H,4,7,10,12-13H2,1H3,(H,19,21)/t17-/m1/s1. The van der Waals surface area contributed by atoms with Gasteiger partial charge in [-0.3, -0.25) is 4.79 Å². The van der Waals surface area contributed by atoms with Crippen molar-refractivity contribution < 1.29 is 13.2 Å². The van der Waals surface area contributed by atoms with E-state index in [-0.39, 0.29) is 18.4 Å². The van der Waals surface area contributed by atoms with E-state index in [1.807, 2.05) is 30.3 Å². The third kappa shape index (κ3) is 3.94. The fourth-order valence-electron chi connectivity index (χ4n) is 3.14. The fraction of sp³-hybridized carbons (Fsp3) is 0.389. The largest absolute Gasteiger partial charge is 0.352 e. The van der Waals surface area contributed by atoms with Crippen LogP contribution < -0.4 is 5.32 Å². The molecule has 3 rings (SSSR count). The van der Waals surface area contributed by atoms with Gasteiger partial charge < -0.3 is 5.32 Å². The van der Waals surface area contributed by atoms with E-state index in [9.17, 15) is 13.2 Å². The lowest BCUT2D eigenvalue weighted by atomic mass is 9.98. The first-order valence-electron chi connectivity index (χ1n) is 8.14. The molecule has 1 N–H and O–H groups in total. The molecule has 1 saturated heterocycles. The predicted molar refractivity (Wildman–Crippen MR) is 94.9 cm³/mol. The first-order valence-corrected chi connectivity index (χ1v) is 9.99. The highest BCUT2D eigenvalue weighted by atomic mass is 32.2. The van der Waals surface area contributed by atoms with Crippen LogP contribution in [0.5, 0.6) is 0 Å². The number of carbonyl (C=O) groups is 1. The van der Waals surface area contributed by atoms with Crippen molar-refractivity contribution in [3.05, 3.63) is 48.0 Å². The Hall–Kier alpha value is -1.92. The Morgan fingerprint density at radius 3 is 2.71 bits per heavy atom. The van der Waals surface area contributed by atoms with Crippen LogP contribution in [0.3, 0.4) is 0 Å². The molecular weight excluding hydrogens is 324 g/mol. The maximum absolute atomic E-state index is 12.4. The van der Waals surface area contributed by atoms with Crippen LogP contribution in [0.15, 0.2) is 42.5 Å². The second-order valence-corrected chi connectivity index (χ2v) is 8.34. The number of benzene rings is 2. The Morgan fingerprint density at radius 2 is 1.96 bits per heavy atom.